The lowest BCUT2D eigenvalue weighted by Gasteiger charge is -2.12. The van der Waals surface area contributed by atoms with Crippen LogP contribution in [0, 0.1) is 0 Å². The van der Waals surface area contributed by atoms with E-state index in [2.05, 4.69) is 20.7 Å². The molecule has 0 bridgehead atoms. The summed E-state index contributed by atoms with van der Waals surface area (Å²) in [5, 5.41) is 22.7. The van der Waals surface area contributed by atoms with Crippen molar-refractivity contribution >= 4 is 5.97 Å². The van der Waals surface area contributed by atoms with Gasteiger partial charge in [0.15, 0.2) is 12.4 Å². The number of carboxylic acids is 1. The summed E-state index contributed by atoms with van der Waals surface area (Å²) in [5.41, 5.74) is -1.27. The van der Waals surface area contributed by atoms with Crippen LogP contribution in [0.5, 0.6) is 0 Å². The first-order valence-corrected chi connectivity index (χ1v) is 4.18. The van der Waals surface area contributed by atoms with Crippen LogP contribution in [0.4, 0.5) is 0 Å². The van der Waals surface area contributed by atoms with E-state index in [4.69, 9.17) is 5.11 Å². The molecule has 0 radical (unpaired) electrons. The number of pyridine rings is 1. The van der Waals surface area contributed by atoms with Crippen molar-refractivity contribution < 1.29 is 14.5 Å². The van der Waals surface area contributed by atoms with Crippen molar-refractivity contribution in [2.45, 2.75) is 5.66 Å². The van der Waals surface area contributed by atoms with Gasteiger partial charge in [0.2, 0.25) is 0 Å². The molecule has 7 nitrogen and oxygen atoms in total. The molecular formula is C8H8N5O2+. The molecule has 0 saturated carbocycles. The zero-order valence-corrected chi connectivity index (χ0v) is 7.90. The average Bonchev–Trinajstić information content (AvgIpc) is 2.69. The quantitative estimate of drug-likeness (QED) is 0.717. The Bertz CT molecular complexity index is 439. The third-order valence-corrected chi connectivity index (χ3v) is 2.10. The first-order valence-electron chi connectivity index (χ1n) is 4.18. The van der Waals surface area contributed by atoms with Crippen molar-refractivity contribution in [1.82, 2.24) is 0 Å². The largest absolute Gasteiger partial charge is 0.478 e. The maximum absolute atomic E-state index is 11.1. The summed E-state index contributed by atoms with van der Waals surface area (Å²) < 4.78 is 1.78. The molecule has 0 unspecified atom stereocenters. The number of carbonyl (C=O) groups is 1. The summed E-state index contributed by atoms with van der Waals surface area (Å²) in [6, 6.07) is 3.24. The van der Waals surface area contributed by atoms with Crippen LogP contribution in [0.3, 0.4) is 0 Å². The molecule has 0 fully saturated rings. The fourth-order valence-corrected chi connectivity index (χ4v) is 1.25. The SMILES string of the molecule is C[n+]1ccc(C2(C(=O)O)N=NN=N2)cc1. The molecule has 76 valence electrons. The minimum absolute atomic E-state index is 0.429. The van der Waals surface area contributed by atoms with Crippen molar-refractivity contribution in [2.75, 3.05) is 0 Å². The highest BCUT2D eigenvalue weighted by Gasteiger charge is 2.44. The van der Waals surface area contributed by atoms with Gasteiger partial charge in [-0.15, -0.1) is 10.2 Å². The maximum Gasteiger partial charge on any atom is 0.363 e. The van der Waals surface area contributed by atoms with Crippen LogP contribution in [-0.4, -0.2) is 11.1 Å². The van der Waals surface area contributed by atoms with Gasteiger partial charge in [0.1, 0.15) is 7.05 Å². The van der Waals surface area contributed by atoms with Crippen LogP contribution in [0.25, 0.3) is 0 Å². The molecule has 1 aromatic rings. The number of aliphatic carboxylic acids is 1. The zero-order valence-electron chi connectivity index (χ0n) is 7.90. The van der Waals surface area contributed by atoms with Crippen molar-refractivity contribution in [1.29, 1.82) is 0 Å². The molecule has 0 spiro atoms. The fourth-order valence-electron chi connectivity index (χ4n) is 1.25. The van der Waals surface area contributed by atoms with Crippen LogP contribution < -0.4 is 4.57 Å². The predicted octanol–water partition coefficient (Wildman–Crippen LogP) is 0.581. The molecule has 1 aromatic heterocycles. The summed E-state index contributed by atoms with van der Waals surface area (Å²) in [5.74, 6) is -1.19. The van der Waals surface area contributed by atoms with Crippen molar-refractivity contribution in [3.8, 4) is 0 Å². The van der Waals surface area contributed by atoms with Gasteiger partial charge in [-0.2, -0.15) is 0 Å². The minimum Gasteiger partial charge on any atom is -0.478 e. The van der Waals surface area contributed by atoms with E-state index in [-0.39, 0.29) is 0 Å². The van der Waals surface area contributed by atoms with E-state index in [1.165, 1.54) is 0 Å². The van der Waals surface area contributed by atoms with E-state index in [1.54, 1.807) is 29.1 Å². The lowest BCUT2D eigenvalue weighted by atomic mass is 10.0. The van der Waals surface area contributed by atoms with Crippen molar-refractivity contribution in [2.24, 2.45) is 27.7 Å². The van der Waals surface area contributed by atoms with E-state index in [0.717, 1.165) is 0 Å². The molecule has 7 heteroatoms. The molecule has 0 aromatic carbocycles. The highest BCUT2D eigenvalue weighted by atomic mass is 16.4. The molecule has 1 aliphatic heterocycles. The van der Waals surface area contributed by atoms with E-state index < -0.39 is 11.6 Å². The maximum atomic E-state index is 11.1. The molecule has 0 aliphatic carbocycles. The van der Waals surface area contributed by atoms with E-state index >= 15 is 0 Å². The Labute approximate surface area is 84.8 Å². The van der Waals surface area contributed by atoms with Gasteiger partial charge in [0.05, 0.1) is 0 Å². The second-order valence-electron chi connectivity index (χ2n) is 3.11. The lowest BCUT2D eigenvalue weighted by Crippen LogP contribution is -2.32. The number of hydrogen-bond acceptors (Lipinski definition) is 5. The Balaban J connectivity index is 2.51. The van der Waals surface area contributed by atoms with Gasteiger partial charge in [-0.05, 0) is 10.4 Å². The second-order valence-corrected chi connectivity index (χ2v) is 3.11. The van der Waals surface area contributed by atoms with Gasteiger partial charge in [0.25, 0.3) is 0 Å². The van der Waals surface area contributed by atoms with Crippen LogP contribution in [0.2, 0.25) is 0 Å². The highest BCUT2D eigenvalue weighted by molar-refractivity contribution is 5.80. The second kappa shape index (κ2) is 3.19. The number of nitrogens with zero attached hydrogens (tertiary/aromatic N) is 5. The van der Waals surface area contributed by atoms with Crippen LogP contribution in [0.15, 0.2) is 45.2 Å². The molecule has 0 saturated heterocycles. The van der Waals surface area contributed by atoms with Gasteiger partial charge in [-0.25, -0.2) is 9.36 Å². The summed E-state index contributed by atoms with van der Waals surface area (Å²) in [4.78, 5) is 11.1. The molecule has 15 heavy (non-hydrogen) atoms. The highest BCUT2D eigenvalue weighted by Crippen LogP contribution is 2.31. The van der Waals surface area contributed by atoms with Crippen molar-refractivity contribution in [3.63, 3.8) is 0 Å². The third-order valence-electron chi connectivity index (χ3n) is 2.10. The first kappa shape index (κ1) is 9.38. The fraction of sp³-hybridized carbons (Fsp3) is 0.250. The predicted molar refractivity (Wildman–Crippen MR) is 46.6 cm³/mol. The molecular weight excluding hydrogens is 198 g/mol. The topological polar surface area (TPSA) is 90.6 Å². The molecule has 1 N–H and O–H groups in total. The van der Waals surface area contributed by atoms with Crippen LogP contribution in [-0.2, 0) is 17.5 Å². The zero-order chi connectivity index (χ0) is 10.9. The number of aromatic nitrogens is 1. The number of hydrogen-bond donors (Lipinski definition) is 1. The summed E-state index contributed by atoms with van der Waals surface area (Å²) >= 11 is 0. The van der Waals surface area contributed by atoms with Gasteiger partial charge in [-0.1, -0.05) is 0 Å². The van der Waals surface area contributed by atoms with Crippen LogP contribution in [0.1, 0.15) is 5.56 Å². The lowest BCUT2D eigenvalue weighted by molar-refractivity contribution is -0.671. The van der Waals surface area contributed by atoms with Gasteiger partial charge in [-0.3, -0.25) is 0 Å². The Morgan fingerprint density at radius 1 is 1.33 bits per heavy atom. The first-order chi connectivity index (χ1) is 7.15. The number of carboxylic acid groups (broad SMARTS) is 1. The van der Waals surface area contributed by atoms with E-state index in [1.807, 2.05) is 7.05 Å². The van der Waals surface area contributed by atoms with E-state index in [0.29, 0.717) is 5.56 Å². The molecule has 0 atom stereocenters. The Hall–Kier alpha value is -2.18. The smallest absolute Gasteiger partial charge is 0.363 e. The molecule has 2 rings (SSSR count). The van der Waals surface area contributed by atoms with E-state index in [9.17, 15) is 4.79 Å². The van der Waals surface area contributed by atoms with Crippen LogP contribution >= 0.6 is 0 Å². The van der Waals surface area contributed by atoms with Gasteiger partial charge < -0.3 is 5.11 Å². The minimum atomic E-state index is -1.70. The number of rotatable bonds is 2. The Kier molecular flexibility index (Phi) is 2.00. The van der Waals surface area contributed by atoms with Crippen molar-refractivity contribution in [3.05, 3.63) is 30.1 Å². The summed E-state index contributed by atoms with van der Waals surface area (Å²) in [6.45, 7) is 0. The summed E-state index contributed by atoms with van der Waals surface area (Å²) in [7, 11) is 1.83. The number of aryl methyl sites for hydroxylation is 1. The average molecular weight is 206 g/mol. The Morgan fingerprint density at radius 2 is 1.87 bits per heavy atom. The van der Waals surface area contributed by atoms with Gasteiger partial charge in [0, 0.05) is 17.7 Å². The molecule has 0 amide bonds. The Morgan fingerprint density at radius 3 is 2.33 bits per heavy atom. The molecule has 2 heterocycles. The van der Waals surface area contributed by atoms with Gasteiger partial charge >= 0.3 is 11.6 Å². The molecule has 1 aliphatic rings. The summed E-state index contributed by atoms with van der Waals surface area (Å²) in [6.07, 6.45) is 3.42. The standard InChI is InChI=1S/C8H7N5O2/c1-13-4-2-6(3-5-13)8(7(14)15)9-11-12-10-8/h2-5H,1H3/p+1. The third kappa shape index (κ3) is 1.37. The monoisotopic (exact) mass is 206 g/mol. The normalized spacial score (nSPS) is 16.9.